The number of benzene rings is 2. The molecule has 0 aliphatic rings. The number of aryl methyl sites for hydroxylation is 1. The number of nitrogens with zero attached hydrogens (tertiary/aromatic N) is 3. The molecule has 0 atom stereocenters. The summed E-state index contributed by atoms with van der Waals surface area (Å²) in [5.41, 5.74) is 4.39. The van der Waals surface area contributed by atoms with Crippen LogP contribution in [0.15, 0.2) is 72.9 Å². The van der Waals surface area contributed by atoms with Crippen LogP contribution >= 0.6 is 0 Å². The molecular weight excluding hydrogens is 294 g/mol. The van der Waals surface area contributed by atoms with Crippen molar-refractivity contribution >= 4 is 23.2 Å². The molecule has 0 fully saturated rings. The Balaban J connectivity index is 1.89. The first-order valence-electron chi connectivity index (χ1n) is 7.95. The normalized spacial score (nSPS) is 11.4. The van der Waals surface area contributed by atoms with Crippen LogP contribution in [0.25, 0.3) is 29.0 Å². The van der Waals surface area contributed by atoms with Gasteiger partial charge in [0.25, 0.3) is 0 Å². The van der Waals surface area contributed by atoms with Crippen molar-refractivity contribution in [1.82, 2.24) is 14.5 Å². The van der Waals surface area contributed by atoms with E-state index < -0.39 is 0 Å². The van der Waals surface area contributed by atoms with Crippen molar-refractivity contribution in [3.8, 4) is 5.82 Å². The first-order valence-corrected chi connectivity index (χ1v) is 7.95. The van der Waals surface area contributed by atoms with Crippen LogP contribution < -0.4 is 0 Å². The summed E-state index contributed by atoms with van der Waals surface area (Å²) in [5.74, 6) is 1.75. The molecule has 0 saturated heterocycles. The molecule has 0 N–H and O–H groups in total. The van der Waals surface area contributed by atoms with Gasteiger partial charge in [0.1, 0.15) is 11.6 Å². The highest BCUT2D eigenvalue weighted by Crippen LogP contribution is 2.23. The molecule has 3 nitrogen and oxygen atoms in total. The quantitative estimate of drug-likeness (QED) is 0.539. The minimum absolute atomic E-state index is 0.872. The molecule has 2 aromatic heterocycles. The zero-order valence-corrected chi connectivity index (χ0v) is 13.4. The highest BCUT2D eigenvalue weighted by Gasteiger charge is 2.11. The lowest BCUT2D eigenvalue weighted by molar-refractivity contribution is 1.00. The summed E-state index contributed by atoms with van der Waals surface area (Å²) in [7, 11) is 0. The van der Waals surface area contributed by atoms with E-state index in [4.69, 9.17) is 4.98 Å². The van der Waals surface area contributed by atoms with Gasteiger partial charge in [-0.1, -0.05) is 48.5 Å². The third-order valence-corrected chi connectivity index (χ3v) is 3.94. The monoisotopic (exact) mass is 311 g/mol. The van der Waals surface area contributed by atoms with Crippen molar-refractivity contribution in [2.24, 2.45) is 0 Å². The Kier molecular flexibility index (Phi) is 3.67. The van der Waals surface area contributed by atoms with Gasteiger partial charge in [0.2, 0.25) is 0 Å². The SMILES string of the molecule is Cc1ccc2c(c1)nc(C=Cc1ccccc1)n2-c1ccccn1. The summed E-state index contributed by atoms with van der Waals surface area (Å²) in [4.78, 5) is 9.30. The highest BCUT2D eigenvalue weighted by molar-refractivity contribution is 5.82. The fourth-order valence-corrected chi connectivity index (χ4v) is 2.78. The first-order chi connectivity index (χ1) is 11.8. The van der Waals surface area contributed by atoms with Crippen LogP contribution in [0.2, 0.25) is 0 Å². The average molecular weight is 311 g/mol. The van der Waals surface area contributed by atoms with Crippen LogP contribution in [0.4, 0.5) is 0 Å². The van der Waals surface area contributed by atoms with Gasteiger partial charge in [-0.25, -0.2) is 9.97 Å². The Labute approximate surface area is 140 Å². The molecule has 0 saturated carbocycles. The van der Waals surface area contributed by atoms with Gasteiger partial charge in [0.05, 0.1) is 11.0 Å². The molecule has 0 amide bonds. The minimum Gasteiger partial charge on any atom is -0.277 e. The Bertz CT molecular complexity index is 999. The van der Waals surface area contributed by atoms with E-state index in [-0.39, 0.29) is 0 Å². The standard InChI is InChI=1S/C21H17N3/c1-16-10-12-19-18(15-16)23-21(13-11-17-7-3-2-4-8-17)24(19)20-9-5-6-14-22-20/h2-15H,1H3. The number of hydrogen-bond acceptors (Lipinski definition) is 2. The lowest BCUT2D eigenvalue weighted by Crippen LogP contribution is -1.99. The van der Waals surface area contributed by atoms with Crippen molar-refractivity contribution in [1.29, 1.82) is 0 Å². The van der Waals surface area contributed by atoms with E-state index in [1.54, 1.807) is 6.20 Å². The predicted molar refractivity (Wildman–Crippen MR) is 99.0 cm³/mol. The van der Waals surface area contributed by atoms with Gasteiger partial charge in [0.15, 0.2) is 0 Å². The van der Waals surface area contributed by atoms with Gasteiger partial charge in [0, 0.05) is 6.20 Å². The van der Waals surface area contributed by atoms with Crippen LogP contribution in [0, 0.1) is 6.92 Å². The molecule has 0 unspecified atom stereocenters. The zero-order chi connectivity index (χ0) is 16.4. The summed E-state index contributed by atoms with van der Waals surface area (Å²) in [5, 5.41) is 0. The third-order valence-electron chi connectivity index (χ3n) is 3.94. The van der Waals surface area contributed by atoms with Crippen LogP contribution in [-0.2, 0) is 0 Å². The van der Waals surface area contributed by atoms with Crippen molar-refractivity contribution < 1.29 is 0 Å². The van der Waals surface area contributed by atoms with Crippen molar-refractivity contribution in [2.75, 3.05) is 0 Å². The molecule has 0 radical (unpaired) electrons. The number of imidazole rings is 1. The Morgan fingerprint density at radius 1 is 0.875 bits per heavy atom. The summed E-state index contributed by atoms with van der Waals surface area (Å²) in [6.07, 6.45) is 5.92. The molecule has 2 heterocycles. The van der Waals surface area contributed by atoms with E-state index in [0.29, 0.717) is 0 Å². The van der Waals surface area contributed by atoms with Gasteiger partial charge in [-0.05, 0) is 48.4 Å². The highest BCUT2D eigenvalue weighted by atomic mass is 15.1. The minimum atomic E-state index is 0.872. The lowest BCUT2D eigenvalue weighted by atomic mass is 10.2. The Hall–Kier alpha value is -3.20. The van der Waals surface area contributed by atoms with Crippen LogP contribution in [0.3, 0.4) is 0 Å². The van der Waals surface area contributed by atoms with Crippen molar-refractivity contribution in [3.05, 3.63) is 89.9 Å². The smallest absolute Gasteiger partial charge is 0.139 e. The summed E-state index contributed by atoms with van der Waals surface area (Å²) >= 11 is 0. The van der Waals surface area contributed by atoms with Gasteiger partial charge < -0.3 is 0 Å². The second-order valence-corrected chi connectivity index (χ2v) is 5.73. The molecule has 4 aromatic rings. The topological polar surface area (TPSA) is 30.7 Å². The second kappa shape index (κ2) is 6.13. The van der Waals surface area contributed by atoms with Crippen molar-refractivity contribution in [3.63, 3.8) is 0 Å². The van der Waals surface area contributed by atoms with Crippen LogP contribution in [-0.4, -0.2) is 14.5 Å². The molecule has 0 spiro atoms. The second-order valence-electron chi connectivity index (χ2n) is 5.73. The van der Waals surface area contributed by atoms with Gasteiger partial charge in [-0.3, -0.25) is 4.57 Å². The van der Waals surface area contributed by atoms with Gasteiger partial charge in [-0.2, -0.15) is 0 Å². The van der Waals surface area contributed by atoms with E-state index in [0.717, 1.165) is 28.2 Å². The lowest BCUT2D eigenvalue weighted by Gasteiger charge is -2.05. The Morgan fingerprint density at radius 3 is 2.50 bits per heavy atom. The molecular formula is C21H17N3. The van der Waals surface area contributed by atoms with E-state index in [2.05, 4.69) is 52.9 Å². The first kappa shape index (κ1) is 14.4. The number of aromatic nitrogens is 3. The predicted octanol–water partition coefficient (Wildman–Crippen LogP) is 4.90. The number of hydrogen-bond donors (Lipinski definition) is 0. The maximum absolute atomic E-state index is 4.80. The van der Waals surface area contributed by atoms with E-state index in [1.807, 2.05) is 42.5 Å². The molecule has 0 aliphatic carbocycles. The van der Waals surface area contributed by atoms with E-state index >= 15 is 0 Å². The summed E-state index contributed by atoms with van der Waals surface area (Å²) < 4.78 is 2.09. The molecule has 4 rings (SSSR count). The number of fused-ring (bicyclic) bond motifs is 1. The maximum atomic E-state index is 4.80. The maximum Gasteiger partial charge on any atom is 0.139 e. The third kappa shape index (κ3) is 2.72. The molecule has 2 aromatic carbocycles. The summed E-state index contributed by atoms with van der Waals surface area (Å²) in [6, 6.07) is 22.5. The molecule has 0 aliphatic heterocycles. The van der Waals surface area contributed by atoms with Crippen molar-refractivity contribution in [2.45, 2.75) is 6.92 Å². The zero-order valence-electron chi connectivity index (χ0n) is 13.4. The molecule has 24 heavy (non-hydrogen) atoms. The fraction of sp³-hybridized carbons (Fsp3) is 0.0476. The number of pyridine rings is 1. The van der Waals surface area contributed by atoms with Gasteiger partial charge >= 0.3 is 0 Å². The van der Waals surface area contributed by atoms with Crippen LogP contribution in [0.1, 0.15) is 17.0 Å². The number of rotatable bonds is 3. The fourth-order valence-electron chi connectivity index (χ4n) is 2.78. The molecule has 3 heteroatoms. The average Bonchev–Trinajstić information content (AvgIpc) is 2.99. The van der Waals surface area contributed by atoms with Gasteiger partial charge in [-0.15, -0.1) is 0 Å². The van der Waals surface area contributed by atoms with E-state index in [9.17, 15) is 0 Å². The summed E-state index contributed by atoms with van der Waals surface area (Å²) in [6.45, 7) is 2.08. The molecule has 0 bridgehead atoms. The Morgan fingerprint density at radius 2 is 1.71 bits per heavy atom. The van der Waals surface area contributed by atoms with E-state index in [1.165, 1.54) is 5.56 Å². The van der Waals surface area contributed by atoms with Crippen LogP contribution in [0.5, 0.6) is 0 Å². The molecule has 116 valence electrons. The largest absolute Gasteiger partial charge is 0.277 e.